The van der Waals surface area contributed by atoms with E-state index in [9.17, 15) is 9.90 Å². The molecule has 1 aromatic rings. The Kier molecular flexibility index (Phi) is 3.41. The van der Waals surface area contributed by atoms with Crippen molar-refractivity contribution in [3.8, 4) is 5.75 Å². The highest BCUT2D eigenvalue weighted by Gasteiger charge is 2.60. The van der Waals surface area contributed by atoms with Crippen LogP contribution in [0.25, 0.3) is 0 Å². The number of anilines is 1. The number of rotatable bonds is 4. The number of hydrogen-bond acceptors (Lipinski definition) is 3. The largest absolute Gasteiger partial charge is 0.492 e. The molecule has 4 atom stereocenters. The van der Waals surface area contributed by atoms with Gasteiger partial charge in [0.25, 0.3) is 0 Å². The predicted octanol–water partition coefficient (Wildman–Crippen LogP) is 3.36. The third-order valence-corrected chi connectivity index (χ3v) is 5.95. The second-order valence-electron chi connectivity index (χ2n) is 7.85. The predicted molar refractivity (Wildman–Crippen MR) is 88.3 cm³/mol. The van der Waals surface area contributed by atoms with E-state index in [1.54, 1.807) is 0 Å². The molecule has 0 spiro atoms. The molecule has 1 amide bonds. The van der Waals surface area contributed by atoms with Gasteiger partial charge in [0.05, 0.1) is 23.3 Å². The molecule has 4 aliphatic rings. The molecule has 0 aromatic heterocycles. The molecule has 5 rings (SSSR count). The van der Waals surface area contributed by atoms with Gasteiger partial charge in [0.2, 0.25) is 5.91 Å². The first-order chi connectivity index (χ1) is 11.0. The number of para-hydroxylation sites is 2. The Morgan fingerprint density at radius 1 is 1.26 bits per heavy atom. The topological polar surface area (TPSA) is 58.6 Å². The van der Waals surface area contributed by atoms with Crippen LogP contribution in [0.1, 0.15) is 45.4 Å². The van der Waals surface area contributed by atoms with Crippen molar-refractivity contribution in [3.63, 3.8) is 0 Å². The average molecular weight is 315 g/mol. The van der Waals surface area contributed by atoms with Gasteiger partial charge in [0.1, 0.15) is 5.75 Å². The van der Waals surface area contributed by atoms with Crippen molar-refractivity contribution in [2.75, 3.05) is 11.9 Å². The quantitative estimate of drug-likeness (QED) is 0.896. The summed E-state index contributed by atoms with van der Waals surface area (Å²) in [5, 5.41) is 13.9. The first-order valence-electron chi connectivity index (χ1n) is 8.78. The van der Waals surface area contributed by atoms with Crippen LogP contribution in [0.15, 0.2) is 24.3 Å². The fraction of sp³-hybridized carbons (Fsp3) is 0.632. The minimum atomic E-state index is -0.610. The lowest BCUT2D eigenvalue weighted by Gasteiger charge is -2.59. The van der Waals surface area contributed by atoms with Crippen LogP contribution in [0, 0.1) is 17.3 Å². The van der Waals surface area contributed by atoms with E-state index < -0.39 is 11.0 Å². The molecule has 124 valence electrons. The van der Waals surface area contributed by atoms with Crippen LogP contribution in [-0.4, -0.2) is 23.2 Å². The number of aliphatic hydroxyl groups is 1. The number of carbonyl (C=O) groups is 1. The zero-order chi connectivity index (χ0) is 16.1. The number of amides is 1. The van der Waals surface area contributed by atoms with Crippen LogP contribution >= 0.6 is 0 Å². The van der Waals surface area contributed by atoms with Gasteiger partial charge in [-0.15, -0.1) is 0 Å². The molecule has 0 aliphatic heterocycles. The van der Waals surface area contributed by atoms with Gasteiger partial charge in [-0.1, -0.05) is 12.1 Å². The summed E-state index contributed by atoms with van der Waals surface area (Å²) in [6.07, 6.45) is 5.42. The Bertz CT molecular complexity index is 613. The van der Waals surface area contributed by atoms with E-state index in [0.29, 0.717) is 30.6 Å². The zero-order valence-corrected chi connectivity index (χ0v) is 13.7. The molecule has 2 N–H and O–H groups in total. The highest BCUT2D eigenvalue weighted by molar-refractivity contribution is 5.97. The van der Waals surface area contributed by atoms with E-state index in [4.69, 9.17) is 4.74 Å². The smallest absolute Gasteiger partial charge is 0.230 e. The number of hydrogen-bond donors (Lipinski definition) is 2. The van der Waals surface area contributed by atoms with Crippen LogP contribution in [-0.2, 0) is 4.79 Å². The molecule has 4 nitrogen and oxygen atoms in total. The molecule has 0 saturated heterocycles. The van der Waals surface area contributed by atoms with Crippen molar-refractivity contribution in [1.29, 1.82) is 0 Å². The fourth-order valence-corrected chi connectivity index (χ4v) is 5.59. The molecule has 4 saturated carbocycles. The lowest BCUT2D eigenvalue weighted by atomic mass is 9.47. The fourth-order valence-electron chi connectivity index (χ4n) is 5.59. The molecule has 0 heterocycles. The van der Waals surface area contributed by atoms with E-state index in [1.165, 1.54) is 6.42 Å². The van der Waals surface area contributed by atoms with Gasteiger partial charge in [0.15, 0.2) is 0 Å². The summed E-state index contributed by atoms with van der Waals surface area (Å²) in [4.78, 5) is 13.1. The lowest BCUT2D eigenvalue weighted by molar-refractivity contribution is -0.174. The highest BCUT2D eigenvalue weighted by atomic mass is 16.5. The molecule has 4 heteroatoms. The zero-order valence-electron chi connectivity index (χ0n) is 13.7. The first-order valence-corrected chi connectivity index (χ1v) is 8.78. The maximum atomic E-state index is 13.1. The van der Waals surface area contributed by atoms with E-state index in [2.05, 4.69) is 5.32 Å². The van der Waals surface area contributed by atoms with Crippen LogP contribution in [0.3, 0.4) is 0 Å². The standard InChI is InChI=1S/C19H25NO3/c1-2-23-16-6-4-3-5-15(16)20-17(21)18-8-13-7-14(9-18)11-19(22,10-13)12-18/h3-6,13-14,22H,2,7-12H2,1H3,(H,20,21)/t13-,14+,18?,19?. The third kappa shape index (κ3) is 2.53. The van der Waals surface area contributed by atoms with E-state index >= 15 is 0 Å². The summed E-state index contributed by atoms with van der Waals surface area (Å²) in [5.74, 6) is 1.80. The third-order valence-electron chi connectivity index (χ3n) is 5.95. The highest BCUT2D eigenvalue weighted by Crippen LogP contribution is 2.61. The molecule has 4 bridgehead atoms. The maximum absolute atomic E-state index is 13.1. The summed E-state index contributed by atoms with van der Waals surface area (Å²) in [7, 11) is 0. The number of nitrogens with one attached hydrogen (secondary N) is 1. The Labute approximate surface area is 137 Å². The number of carbonyl (C=O) groups excluding carboxylic acids is 1. The second kappa shape index (κ2) is 5.23. The van der Waals surface area contributed by atoms with Gasteiger partial charge >= 0.3 is 0 Å². The molecular weight excluding hydrogens is 290 g/mol. The minimum absolute atomic E-state index is 0.0668. The first kappa shape index (κ1) is 15.0. The second-order valence-corrected chi connectivity index (χ2v) is 7.85. The monoisotopic (exact) mass is 315 g/mol. The van der Waals surface area contributed by atoms with Gasteiger partial charge in [-0.25, -0.2) is 0 Å². The summed E-state index contributed by atoms with van der Waals surface area (Å²) in [5.41, 5.74) is -0.263. The van der Waals surface area contributed by atoms with Gasteiger partial charge in [-0.2, -0.15) is 0 Å². The van der Waals surface area contributed by atoms with Crippen LogP contribution in [0.5, 0.6) is 5.75 Å². The van der Waals surface area contributed by atoms with Crippen molar-refractivity contribution in [2.45, 2.75) is 51.0 Å². The Hall–Kier alpha value is -1.55. The molecule has 1 aromatic carbocycles. The Morgan fingerprint density at radius 2 is 1.96 bits per heavy atom. The Balaban J connectivity index is 1.58. The number of benzene rings is 1. The van der Waals surface area contributed by atoms with Crippen molar-refractivity contribution in [1.82, 2.24) is 0 Å². The molecular formula is C19H25NO3. The van der Waals surface area contributed by atoms with Gasteiger partial charge < -0.3 is 15.2 Å². The van der Waals surface area contributed by atoms with Crippen LogP contribution in [0.4, 0.5) is 5.69 Å². The summed E-state index contributed by atoms with van der Waals surface area (Å²) in [6, 6.07) is 7.59. The van der Waals surface area contributed by atoms with Gasteiger partial charge in [-0.3, -0.25) is 4.79 Å². The van der Waals surface area contributed by atoms with E-state index in [0.717, 1.165) is 31.4 Å². The average Bonchev–Trinajstić information content (AvgIpc) is 2.47. The maximum Gasteiger partial charge on any atom is 0.230 e. The molecule has 4 fully saturated rings. The van der Waals surface area contributed by atoms with Crippen molar-refractivity contribution >= 4 is 11.6 Å². The minimum Gasteiger partial charge on any atom is -0.492 e. The number of ether oxygens (including phenoxy) is 1. The normalized spacial score (nSPS) is 37.7. The SMILES string of the molecule is CCOc1ccccc1NC(=O)C12C[C@@H]3C[C@@H](CC(O)(C3)C1)C2. The van der Waals surface area contributed by atoms with Crippen molar-refractivity contribution < 1.29 is 14.6 Å². The van der Waals surface area contributed by atoms with E-state index in [-0.39, 0.29) is 5.91 Å². The summed E-state index contributed by atoms with van der Waals surface area (Å²) < 4.78 is 5.61. The lowest BCUT2D eigenvalue weighted by Crippen LogP contribution is -2.59. The van der Waals surface area contributed by atoms with Crippen molar-refractivity contribution in [2.24, 2.45) is 17.3 Å². The summed E-state index contributed by atoms with van der Waals surface area (Å²) in [6.45, 7) is 2.51. The molecule has 23 heavy (non-hydrogen) atoms. The van der Waals surface area contributed by atoms with Crippen LogP contribution < -0.4 is 10.1 Å². The van der Waals surface area contributed by atoms with Crippen LogP contribution in [0.2, 0.25) is 0 Å². The Morgan fingerprint density at radius 3 is 2.61 bits per heavy atom. The molecule has 4 aliphatic carbocycles. The summed E-state index contributed by atoms with van der Waals surface area (Å²) >= 11 is 0. The van der Waals surface area contributed by atoms with Gasteiger partial charge in [-0.05, 0) is 69.4 Å². The van der Waals surface area contributed by atoms with Crippen molar-refractivity contribution in [3.05, 3.63) is 24.3 Å². The molecule has 0 radical (unpaired) electrons. The molecule has 2 unspecified atom stereocenters. The van der Waals surface area contributed by atoms with E-state index in [1.807, 2.05) is 31.2 Å². The van der Waals surface area contributed by atoms with Gasteiger partial charge in [0, 0.05) is 0 Å².